The Hall–Kier alpha value is -2.71. The third kappa shape index (κ3) is 4.43. The van der Waals surface area contributed by atoms with Crippen molar-refractivity contribution in [2.45, 2.75) is 18.6 Å². The highest BCUT2D eigenvalue weighted by atomic mass is 32.2. The molecular formula is C20H19N3OS. The summed E-state index contributed by atoms with van der Waals surface area (Å²) in [7, 11) is 0. The molecule has 4 nitrogen and oxygen atoms in total. The van der Waals surface area contributed by atoms with Crippen molar-refractivity contribution in [3.8, 4) is 11.8 Å². The number of thioether (sulfide) groups is 1. The molecule has 126 valence electrons. The van der Waals surface area contributed by atoms with Gasteiger partial charge in [-0.3, -0.25) is 4.79 Å². The Morgan fingerprint density at radius 1 is 1.16 bits per heavy atom. The molecule has 1 amide bonds. The number of nitrogens with zero attached hydrogens (tertiary/aromatic N) is 2. The predicted molar refractivity (Wildman–Crippen MR) is 102 cm³/mol. The quantitative estimate of drug-likeness (QED) is 0.568. The standard InChI is InChI=1S/C20H19N3OS/c1-2-23-18-13-7-6-12-17(18)22-20(23)25-15-19(24)21-14-8-11-16-9-4-3-5-10-16/h3-7,9-10,12-13H,2,14-15H2,1H3,(H,21,24). The molecule has 0 saturated carbocycles. The number of hydrogen-bond acceptors (Lipinski definition) is 3. The zero-order chi connectivity index (χ0) is 17.5. The van der Waals surface area contributed by atoms with Crippen LogP contribution in [0.25, 0.3) is 11.0 Å². The van der Waals surface area contributed by atoms with Crippen molar-refractivity contribution in [3.63, 3.8) is 0 Å². The Balaban J connectivity index is 1.53. The molecule has 0 radical (unpaired) electrons. The number of rotatable bonds is 5. The van der Waals surface area contributed by atoms with Crippen molar-refractivity contribution in [1.82, 2.24) is 14.9 Å². The number of imidazole rings is 1. The summed E-state index contributed by atoms with van der Waals surface area (Å²) in [5.74, 6) is 6.27. The van der Waals surface area contributed by atoms with Crippen LogP contribution < -0.4 is 5.32 Å². The van der Waals surface area contributed by atoms with E-state index in [0.29, 0.717) is 12.3 Å². The lowest BCUT2D eigenvalue weighted by Gasteiger charge is -2.05. The minimum Gasteiger partial charge on any atom is -0.344 e. The maximum atomic E-state index is 12.0. The lowest BCUT2D eigenvalue weighted by molar-refractivity contribution is -0.118. The minimum atomic E-state index is -0.0397. The second-order valence-electron chi connectivity index (χ2n) is 5.36. The van der Waals surface area contributed by atoms with Gasteiger partial charge in [0.15, 0.2) is 5.16 Å². The molecule has 0 aliphatic rings. The fourth-order valence-corrected chi connectivity index (χ4v) is 3.37. The average Bonchev–Trinajstić information content (AvgIpc) is 3.02. The fourth-order valence-electron chi connectivity index (χ4n) is 2.46. The van der Waals surface area contributed by atoms with E-state index in [-0.39, 0.29) is 5.91 Å². The van der Waals surface area contributed by atoms with Crippen LogP contribution in [0.1, 0.15) is 12.5 Å². The van der Waals surface area contributed by atoms with Crippen LogP contribution in [0.15, 0.2) is 59.8 Å². The van der Waals surface area contributed by atoms with Gasteiger partial charge in [-0.25, -0.2) is 4.98 Å². The number of carbonyl (C=O) groups excluding carboxylic acids is 1. The SMILES string of the molecule is CCn1c(SCC(=O)NCC#Cc2ccccc2)nc2ccccc21. The number of hydrogen-bond donors (Lipinski definition) is 1. The van der Waals surface area contributed by atoms with Crippen molar-refractivity contribution in [2.24, 2.45) is 0 Å². The Labute approximate surface area is 151 Å². The maximum absolute atomic E-state index is 12.0. The van der Waals surface area contributed by atoms with E-state index in [0.717, 1.165) is 28.3 Å². The van der Waals surface area contributed by atoms with E-state index in [9.17, 15) is 4.79 Å². The first-order chi connectivity index (χ1) is 12.3. The van der Waals surface area contributed by atoms with E-state index in [2.05, 4.69) is 39.7 Å². The van der Waals surface area contributed by atoms with E-state index in [1.54, 1.807) is 0 Å². The molecule has 0 unspecified atom stereocenters. The molecule has 1 aromatic heterocycles. The number of benzene rings is 2. The van der Waals surface area contributed by atoms with Gasteiger partial charge in [-0.2, -0.15) is 0 Å². The van der Waals surface area contributed by atoms with Crippen LogP contribution in [0.2, 0.25) is 0 Å². The molecule has 0 spiro atoms. The van der Waals surface area contributed by atoms with E-state index in [4.69, 9.17) is 0 Å². The minimum absolute atomic E-state index is 0.0397. The van der Waals surface area contributed by atoms with Crippen LogP contribution in [0.5, 0.6) is 0 Å². The molecule has 3 rings (SSSR count). The summed E-state index contributed by atoms with van der Waals surface area (Å²) in [4.78, 5) is 16.6. The topological polar surface area (TPSA) is 46.9 Å². The largest absolute Gasteiger partial charge is 0.344 e. The summed E-state index contributed by atoms with van der Waals surface area (Å²) in [5.41, 5.74) is 3.01. The number of para-hydroxylation sites is 2. The lowest BCUT2D eigenvalue weighted by Crippen LogP contribution is -2.25. The van der Waals surface area contributed by atoms with E-state index >= 15 is 0 Å². The third-order valence-electron chi connectivity index (χ3n) is 3.65. The van der Waals surface area contributed by atoms with Crippen molar-refractivity contribution >= 4 is 28.7 Å². The van der Waals surface area contributed by atoms with Crippen LogP contribution in [-0.2, 0) is 11.3 Å². The second kappa shape index (κ2) is 8.41. The normalized spacial score (nSPS) is 10.3. The van der Waals surface area contributed by atoms with Crippen LogP contribution in [-0.4, -0.2) is 27.8 Å². The molecule has 0 fully saturated rings. The first-order valence-corrected chi connectivity index (χ1v) is 9.15. The number of aromatic nitrogens is 2. The molecule has 1 heterocycles. The Kier molecular flexibility index (Phi) is 5.76. The summed E-state index contributed by atoms with van der Waals surface area (Å²) >= 11 is 1.45. The Bertz CT molecular complexity index is 922. The van der Waals surface area contributed by atoms with Crippen molar-refractivity contribution in [2.75, 3.05) is 12.3 Å². The molecule has 1 N–H and O–H groups in total. The number of fused-ring (bicyclic) bond motifs is 1. The molecule has 2 aromatic carbocycles. The predicted octanol–water partition coefficient (Wildman–Crippen LogP) is 3.32. The highest BCUT2D eigenvalue weighted by molar-refractivity contribution is 7.99. The number of carbonyl (C=O) groups is 1. The van der Waals surface area contributed by atoms with Gasteiger partial charge in [0, 0.05) is 12.1 Å². The summed E-state index contributed by atoms with van der Waals surface area (Å²) in [5, 5.41) is 3.69. The van der Waals surface area contributed by atoms with E-state index in [1.165, 1.54) is 11.8 Å². The zero-order valence-corrected chi connectivity index (χ0v) is 14.8. The molecule has 0 saturated heterocycles. The van der Waals surface area contributed by atoms with Crippen molar-refractivity contribution < 1.29 is 4.79 Å². The zero-order valence-electron chi connectivity index (χ0n) is 14.0. The number of amides is 1. The highest BCUT2D eigenvalue weighted by Crippen LogP contribution is 2.23. The van der Waals surface area contributed by atoms with Crippen molar-refractivity contribution in [1.29, 1.82) is 0 Å². The molecule has 5 heteroatoms. The molecule has 0 aliphatic carbocycles. The van der Waals surface area contributed by atoms with Gasteiger partial charge in [0.1, 0.15) is 0 Å². The fraction of sp³-hybridized carbons (Fsp3) is 0.200. The monoisotopic (exact) mass is 349 g/mol. The molecule has 0 bridgehead atoms. The van der Waals surface area contributed by atoms with E-state index in [1.807, 2.05) is 48.5 Å². The molecule has 0 aliphatic heterocycles. The van der Waals surface area contributed by atoms with E-state index < -0.39 is 0 Å². The lowest BCUT2D eigenvalue weighted by atomic mass is 10.2. The second-order valence-corrected chi connectivity index (χ2v) is 6.30. The number of nitrogens with one attached hydrogen (secondary N) is 1. The summed E-state index contributed by atoms with van der Waals surface area (Å²) in [6.45, 7) is 3.25. The summed E-state index contributed by atoms with van der Waals surface area (Å²) in [6.07, 6.45) is 0. The van der Waals surface area contributed by atoms with Gasteiger partial charge in [-0.05, 0) is 31.2 Å². The van der Waals surface area contributed by atoms with Crippen LogP contribution in [0.4, 0.5) is 0 Å². The van der Waals surface area contributed by atoms with Gasteiger partial charge in [0.05, 0.1) is 23.3 Å². The van der Waals surface area contributed by atoms with Gasteiger partial charge in [-0.1, -0.05) is 53.9 Å². The molecule has 3 aromatic rings. The van der Waals surface area contributed by atoms with Crippen LogP contribution >= 0.6 is 11.8 Å². The van der Waals surface area contributed by atoms with Crippen molar-refractivity contribution in [3.05, 3.63) is 60.2 Å². The van der Waals surface area contributed by atoms with Gasteiger partial charge >= 0.3 is 0 Å². The number of aryl methyl sites for hydroxylation is 1. The Morgan fingerprint density at radius 2 is 1.92 bits per heavy atom. The smallest absolute Gasteiger partial charge is 0.231 e. The average molecular weight is 349 g/mol. The van der Waals surface area contributed by atoms with Crippen LogP contribution in [0, 0.1) is 11.8 Å². The highest BCUT2D eigenvalue weighted by Gasteiger charge is 2.11. The van der Waals surface area contributed by atoms with Gasteiger partial charge in [0.25, 0.3) is 0 Å². The van der Waals surface area contributed by atoms with Crippen LogP contribution in [0.3, 0.4) is 0 Å². The third-order valence-corrected chi connectivity index (χ3v) is 4.62. The van der Waals surface area contributed by atoms with Gasteiger partial charge < -0.3 is 9.88 Å². The maximum Gasteiger partial charge on any atom is 0.231 e. The summed E-state index contributed by atoms with van der Waals surface area (Å²) in [6, 6.07) is 17.7. The Morgan fingerprint density at radius 3 is 2.72 bits per heavy atom. The molecule has 25 heavy (non-hydrogen) atoms. The first-order valence-electron chi connectivity index (χ1n) is 8.16. The molecule has 0 atom stereocenters. The molecular weight excluding hydrogens is 330 g/mol. The first kappa shape index (κ1) is 17.1. The van der Waals surface area contributed by atoms with Gasteiger partial charge in [-0.15, -0.1) is 0 Å². The summed E-state index contributed by atoms with van der Waals surface area (Å²) < 4.78 is 2.13. The van der Waals surface area contributed by atoms with Gasteiger partial charge in [0.2, 0.25) is 5.91 Å².